The van der Waals surface area contributed by atoms with Crippen molar-refractivity contribution in [2.75, 3.05) is 6.54 Å². The largest absolute Gasteiger partial charge is 0.310 e. The van der Waals surface area contributed by atoms with E-state index in [1.807, 2.05) is 6.07 Å². The van der Waals surface area contributed by atoms with Gasteiger partial charge in [-0.25, -0.2) is 4.39 Å². The fourth-order valence-corrected chi connectivity index (χ4v) is 4.03. The number of likely N-dealkylation sites (N-methyl/N-ethyl adjacent to an activating group) is 1. The minimum atomic E-state index is -0.200. The van der Waals surface area contributed by atoms with Crippen molar-refractivity contribution in [2.45, 2.75) is 19.4 Å². The van der Waals surface area contributed by atoms with E-state index in [0.717, 1.165) is 26.8 Å². The Hall–Kier alpha value is -0.230. The molecule has 1 aromatic carbocycles. The lowest BCUT2D eigenvalue weighted by atomic mass is 10.0. The number of thiophene rings is 1. The summed E-state index contributed by atoms with van der Waals surface area (Å²) in [6, 6.07) is 9.09. The van der Waals surface area contributed by atoms with Crippen LogP contribution in [-0.4, -0.2) is 6.54 Å². The second kappa shape index (κ2) is 6.97. The second-order valence-corrected chi connectivity index (χ2v) is 7.59. The SMILES string of the molecule is CCNC(Cc1ccc(Br)s1)c1cc(F)ccc1Br. The van der Waals surface area contributed by atoms with Crippen LogP contribution >= 0.6 is 43.2 Å². The molecule has 0 saturated heterocycles. The molecular formula is C14H14Br2FNS. The molecular weight excluding hydrogens is 393 g/mol. The second-order valence-electron chi connectivity index (χ2n) is 4.19. The Morgan fingerprint density at radius 2 is 2.05 bits per heavy atom. The third kappa shape index (κ3) is 4.12. The molecule has 2 rings (SSSR count). The molecule has 0 saturated carbocycles. The molecule has 0 spiro atoms. The highest BCUT2D eigenvalue weighted by molar-refractivity contribution is 9.11. The predicted molar refractivity (Wildman–Crippen MR) is 86.2 cm³/mol. The summed E-state index contributed by atoms with van der Waals surface area (Å²) in [6.45, 7) is 2.91. The van der Waals surface area contributed by atoms with Crippen LogP contribution in [0.25, 0.3) is 0 Å². The highest BCUT2D eigenvalue weighted by atomic mass is 79.9. The minimum Gasteiger partial charge on any atom is -0.310 e. The van der Waals surface area contributed by atoms with Crippen LogP contribution in [0.3, 0.4) is 0 Å². The maximum Gasteiger partial charge on any atom is 0.123 e. The number of rotatable bonds is 5. The van der Waals surface area contributed by atoms with Crippen molar-refractivity contribution in [2.24, 2.45) is 0 Å². The van der Waals surface area contributed by atoms with Crippen LogP contribution < -0.4 is 5.32 Å². The van der Waals surface area contributed by atoms with Crippen LogP contribution in [0.15, 0.2) is 38.6 Å². The lowest BCUT2D eigenvalue weighted by Gasteiger charge is -2.19. The lowest BCUT2D eigenvalue weighted by molar-refractivity contribution is 0.544. The molecule has 0 radical (unpaired) electrons. The third-order valence-electron chi connectivity index (χ3n) is 2.82. The molecule has 0 amide bonds. The van der Waals surface area contributed by atoms with Crippen molar-refractivity contribution >= 4 is 43.2 Å². The molecule has 0 aliphatic carbocycles. The molecule has 1 atom stereocenters. The van der Waals surface area contributed by atoms with Gasteiger partial charge in [-0.2, -0.15) is 0 Å². The average Bonchev–Trinajstić information content (AvgIpc) is 2.77. The molecule has 1 heterocycles. The van der Waals surface area contributed by atoms with E-state index >= 15 is 0 Å². The Morgan fingerprint density at radius 3 is 2.68 bits per heavy atom. The van der Waals surface area contributed by atoms with Gasteiger partial charge in [-0.3, -0.25) is 0 Å². The Bertz CT molecular complexity index is 556. The van der Waals surface area contributed by atoms with Crippen LogP contribution in [0.1, 0.15) is 23.4 Å². The summed E-state index contributed by atoms with van der Waals surface area (Å²) in [5.74, 6) is -0.200. The van der Waals surface area contributed by atoms with Gasteiger partial charge in [0.25, 0.3) is 0 Å². The van der Waals surface area contributed by atoms with Gasteiger partial charge in [0, 0.05) is 21.8 Å². The summed E-state index contributed by atoms with van der Waals surface area (Å²) < 4.78 is 15.5. The normalized spacial score (nSPS) is 12.6. The molecule has 0 aliphatic heterocycles. The Balaban J connectivity index is 2.26. The first-order valence-corrected chi connectivity index (χ1v) is 8.43. The van der Waals surface area contributed by atoms with Crippen LogP contribution in [0.4, 0.5) is 4.39 Å². The standard InChI is InChI=1S/C14H14Br2FNS/c1-2-18-13(8-10-4-6-14(16)19-10)11-7-9(17)3-5-12(11)15/h3-7,13,18H,2,8H2,1H3. The molecule has 0 aliphatic rings. The van der Waals surface area contributed by atoms with E-state index in [0.29, 0.717) is 0 Å². The van der Waals surface area contributed by atoms with Crippen LogP contribution in [-0.2, 0) is 6.42 Å². The molecule has 102 valence electrons. The average molecular weight is 407 g/mol. The summed E-state index contributed by atoms with van der Waals surface area (Å²) in [6.07, 6.45) is 0.853. The zero-order valence-electron chi connectivity index (χ0n) is 10.4. The Kier molecular flexibility index (Phi) is 5.57. The number of halogens is 3. The van der Waals surface area contributed by atoms with Gasteiger partial charge < -0.3 is 5.32 Å². The molecule has 1 nitrogen and oxygen atoms in total. The van der Waals surface area contributed by atoms with Crippen molar-refractivity contribution in [3.8, 4) is 0 Å². The number of hydrogen-bond donors (Lipinski definition) is 1. The van der Waals surface area contributed by atoms with Crippen molar-refractivity contribution in [3.05, 3.63) is 54.8 Å². The van der Waals surface area contributed by atoms with Crippen molar-refractivity contribution in [1.82, 2.24) is 5.32 Å². The number of benzene rings is 1. The van der Waals surface area contributed by atoms with Gasteiger partial charge in [0.2, 0.25) is 0 Å². The maximum absolute atomic E-state index is 13.4. The molecule has 2 aromatic rings. The highest BCUT2D eigenvalue weighted by Gasteiger charge is 2.16. The molecule has 1 unspecified atom stereocenters. The third-order valence-corrected chi connectivity index (χ3v) is 5.19. The smallest absolute Gasteiger partial charge is 0.123 e. The van der Waals surface area contributed by atoms with Gasteiger partial charge in [0.15, 0.2) is 0 Å². The van der Waals surface area contributed by atoms with E-state index in [4.69, 9.17) is 0 Å². The monoisotopic (exact) mass is 405 g/mol. The zero-order chi connectivity index (χ0) is 13.8. The van der Waals surface area contributed by atoms with Gasteiger partial charge in [-0.15, -0.1) is 11.3 Å². The first kappa shape index (κ1) is 15.2. The molecule has 19 heavy (non-hydrogen) atoms. The minimum absolute atomic E-state index is 0.112. The summed E-state index contributed by atoms with van der Waals surface area (Å²) in [4.78, 5) is 1.27. The molecule has 1 N–H and O–H groups in total. The fourth-order valence-electron chi connectivity index (χ4n) is 1.98. The Labute approximate surface area is 133 Å². The topological polar surface area (TPSA) is 12.0 Å². The van der Waals surface area contributed by atoms with Gasteiger partial charge >= 0.3 is 0 Å². The van der Waals surface area contributed by atoms with E-state index < -0.39 is 0 Å². The maximum atomic E-state index is 13.4. The first-order valence-electron chi connectivity index (χ1n) is 6.02. The van der Waals surface area contributed by atoms with Crippen LogP contribution in [0, 0.1) is 5.82 Å². The number of nitrogens with one attached hydrogen (secondary N) is 1. The zero-order valence-corrected chi connectivity index (χ0v) is 14.4. The summed E-state index contributed by atoms with van der Waals surface area (Å²) >= 11 is 8.69. The summed E-state index contributed by atoms with van der Waals surface area (Å²) in [5.41, 5.74) is 0.964. The fraction of sp³-hybridized carbons (Fsp3) is 0.286. The van der Waals surface area contributed by atoms with Crippen LogP contribution in [0.2, 0.25) is 0 Å². The summed E-state index contributed by atoms with van der Waals surface area (Å²) in [5, 5.41) is 3.42. The summed E-state index contributed by atoms with van der Waals surface area (Å²) in [7, 11) is 0. The molecule has 1 aromatic heterocycles. The molecule has 0 bridgehead atoms. The highest BCUT2D eigenvalue weighted by Crippen LogP contribution is 2.30. The Morgan fingerprint density at radius 1 is 1.26 bits per heavy atom. The quantitative estimate of drug-likeness (QED) is 0.709. The van der Waals surface area contributed by atoms with Crippen molar-refractivity contribution < 1.29 is 4.39 Å². The van der Waals surface area contributed by atoms with E-state index in [-0.39, 0.29) is 11.9 Å². The molecule has 0 fully saturated rings. The van der Waals surface area contributed by atoms with Gasteiger partial charge in [-0.05, 0) is 58.4 Å². The van der Waals surface area contributed by atoms with E-state index in [9.17, 15) is 4.39 Å². The first-order chi connectivity index (χ1) is 9.10. The van der Waals surface area contributed by atoms with E-state index in [1.54, 1.807) is 23.5 Å². The van der Waals surface area contributed by atoms with E-state index in [1.165, 1.54) is 10.9 Å². The van der Waals surface area contributed by atoms with Gasteiger partial charge in [0.1, 0.15) is 5.82 Å². The van der Waals surface area contributed by atoms with Gasteiger partial charge in [-0.1, -0.05) is 22.9 Å². The van der Waals surface area contributed by atoms with Crippen LogP contribution in [0.5, 0.6) is 0 Å². The molecule has 5 heteroatoms. The predicted octanol–water partition coefficient (Wildman–Crippen LogP) is 5.31. The number of hydrogen-bond acceptors (Lipinski definition) is 2. The van der Waals surface area contributed by atoms with E-state index in [2.05, 4.69) is 50.2 Å². The van der Waals surface area contributed by atoms with Gasteiger partial charge in [0.05, 0.1) is 3.79 Å². The van der Waals surface area contributed by atoms with Crippen molar-refractivity contribution in [3.63, 3.8) is 0 Å². The lowest BCUT2D eigenvalue weighted by Crippen LogP contribution is -2.23. The van der Waals surface area contributed by atoms with Crippen molar-refractivity contribution in [1.29, 1.82) is 0 Å².